The smallest absolute Gasteiger partial charge is 0.217 e. The molecule has 2 rings (SSSR count). The normalized spacial score (nSPS) is 17.4. The minimum absolute atomic E-state index is 0.347. The first-order chi connectivity index (χ1) is 7.78. The number of nitrogens with zero attached hydrogens (tertiary/aromatic N) is 2. The summed E-state index contributed by atoms with van der Waals surface area (Å²) in [4.78, 5) is 8.65. The molecular weight excluding hydrogens is 268 g/mol. The van der Waals surface area contributed by atoms with Gasteiger partial charge in [-0.1, -0.05) is 13.3 Å². The quantitative estimate of drug-likeness (QED) is 0.797. The highest BCUT2D eigenvalue weighted by Crippen LogP contribution is 2.23. The van der Waals surface area contributed by atoms with Crippen molar-refractivity contribution < 1.29 is 4.74 Å². The highest BCUT2D eigenvalue weighted by Gasteiger charge is 2.16. The zero-order valence-electron chi connectivity index (χ0n) is 9.58. The van der Waals surface area contributed by atoms with Crippen LogP contribution in [0.5, 0.6) is 5.88 Å². The van der Waals surface area contributed by atoms with Crippen LogP contribution in [0, 0.1) is 0 Å². The van der Waals surface area contributed by atoms with Gasteiger partial charge in [0, 0.05) is 12.5 Å². The molecule has 0 spiro atoms. The standard InChI is InChI=1S/C12H17BrN2O/c1-2-11-14-10(13)8-12(15-11)16-9-6-4-3-5-7-9/h8-9H,2-7H2,1H3. The van der Waals surface area contributed by atoms with Gasteiger partial charge >= 0.3 is 0 Å². The van der Waals surface area contributed by atoms with Crippen LogP contribution in [-0.2, 0) is 6.42 Å². The maximum absolute atomic E-state index is 5.90. The molecule has 0 amide bonds. The van der Waals surface area contributed by atoms with E-state index in [1.54, 1.807) is 0 Å². The van der Waals surface area contributed by atoms with Gasteiger partial charge in [-0.25, -0.2) is 4.98 Å². The van der Waals surface area contributed by atoms with Crippen LogP contribution in [0.3, 0.4) is 0 Å². The van der Waals surface area contributed by atoms with Crippen molar-refractivity contribution >= 4 is 15.9 Å². The maximum Gasteiger partial charge on any atom is 0.217 e. The second kappa shape index (κ2) is 5.62. The van der Waals surface area contributed by atoms with Crippen LogP contribution in [0.1, 0.15) is 44.9 Å². The molecule has 1 heterocycles. The first kappa shape index (κ1) is 11.8. The molecule has 0 atom stereocenters. The lowest BCUT2D eigenvalue weighted by Crippen LogP contribution is -2.20. The molecule has 88 valence electrons. The van der Waals surface area contributed by atoms with Gasteiger partial charge in [-0.05, 0) is 41.6 Å². The number of aromatic nitrogens is 2. The van der Waals surface area contributed by atoms with E-state index in [4.69, 9.17) is 4.74 Å². The zero-order valence-corrected chi connectivity index (χ0v) is 11.2. The summed E-state index contributed by atoms with van der Waals surface area (Å²) in [5.74, 6) is 1.55. The lowest BCUT2D eigenvalue weighted by atomic mass is 9.98. The zero-order chi connectivity index (χ0) is 11.4. The maximum atomic E-state index is 5.90. The van der Waals surface area contributed by atoms with E-state index < -0.39 is 0 Å². The van der Waals surface area contributed by atoms with Crippen molar-refractivity contribution in [3.8, 4) is 5.88 Å². The Hall–Kier alpha value is -0.640. The van der Waals surface area contributed by atoms with Crippen LogP contribution in [0.15, 0.2) is 10.7 Å². The van der Waals surface area contributed by atoms with Gasteiger partial charge in [0.1, 0.15) is 16.5 Å². The number of rotatable bonds is 3. The van der Waals surface area contributed by atoms with E-state index in [2.05, 4.69) is 25.9 Å². The Morgan fingerprint density at radius 3 is 2.75 bits per heavy atom. The highest BCUT2D eigenvalue weighted by atomic mass is 79.9. The molecule has 0 radical (unpaired) electrons. The number of aryl methyl sites for hydroxylation is 1. The summed E-state index contributed by atoms with van der Waals surface area (Å²) in [7, 11) is 0. The molecule has 4 heteroatoms. The van der Waals surface area contributed by atoms with Crippen molar-refractivity contribution in [2.45, 2.75) is 51.6 Å². The fraction of sp³-hybridized carbons (Fsp3) is 0.667. The van der Waals surface area contributed by atoms with Crippen LogP contribution in [0.4, 0.5) is 0 Å². The molecule has 0 N–H and O–H groups in total. The number of ether oxygens (including phenoxy) is 1. The van der Waals surface area contributed by atoms with Gasteiger partial charge in [0.15, 0.2) is 0 Å². The van der Waals surface area contributed by atoms with Gasteiger partial charge in [-0.3, -0.25) is 0 Å². The molecule has 3 nitrogen and oxygen atoms in total. The topological polar surface area (TPSA) is 35.0 Å². The van der Waals surface area contributed by atoms with Gasteiger partial charge in [0.25, 0.3) is 0 Å². The summed E-state index contributed by atoms with van der Waals surface area (Å²) in [6.07, 6.45) is 7.38. The third-order valence-electron chi connectivity index (χ3n) is 2.87. The molecule has 1 fully saturated rings. The molecule has 1 aliphatic carbocycles. The van der Waals surface area contributed by atoms with E-state index in [1.165, 1.54) is 19.3 Å². The SMILES string of the molecule is CCc1nc(Br)cc(OC2CCCCC2)n1. The van der Waals surface area contributed by atoms with Crippen LogP contribution >= 0.6 is 15.9 Å². The molecule has 0 aromatic carbocycles. The van der Waals surface area contributed by atoms with Crippen LogP contribution in [-0.4, -0.2) is 16.1 Å². The molecule has 1 aromatic heterocycles. The van der Waals surface area contributed by atoms with Gasteiger partial charge in [0.05, 0.1) is 0 Å². The van der Waals surface area contributed by atoms with E-state index >= 15 is 0 Å². The first-order valence-corrected chi connectivity index (χ1v) is 6.77. The first-order valence-electron chi connectivity index (χ1n) is 5.98. The van der Waals surface area contributed by atoms with Crippen molar-refractivity contribution in [1.29, 1.82) is 0 Å². The largest absolute Gasteiger partial charge is 0.474 e. The fourth-order valence-corrected chi connectivity index (χ4v) is 2.41. The Bertz CT molecular complexity index is 351. The average molecular weight is 285 g/mol. The third kappa shape index (κ3) is 3.17. The van der Waals surface area contributed by atoms with Crippen molar-refractivity contribution in [2.24, 2.45) is 0 Å². The molecule has 0 unspecified atom stereocenters. The summed E-state index contributed by atoms with van der Waals surface area (Å²) in [6.45, 7) is 2.05. The van der Waals surface area contributed by atoms with Gasteiger partial charge in [-0.15, -0.1) is 0 Å². The van der Waals surface area contributed by atoms with Gasteiger partial charge < -0.3 is 4.74 Å². The van der Waals surface area contributed by atoms with Crippen LogP contribution < -0.4 is 4.74 Å². The lowest BCUT2D eigenvalue weighted by Gasteiger charge is -2.22. The molecule has 1 aliphatic rings. The summed E-state index contributed by atoms with van der Waals surface area (Å²) in [5.41, 5.74) is 0. The van der Waals surface area contributed by atoms with Crippen molar-refractivity contribution in [3.63, 3.8) is 0 Å². The fourth-order valence-electron chi connectivity index (χ4n) is 2.01. The summed E-state index contributed by atoms with van der Waals surface area (Å²) >= 11 is 3.39. The molecule has 0 saturated heterocycles. The Morgan fingerprint density at radius 1 is 1.31 bits per heavy atom. The van der Waals surface area contributed by atoms with Gasteiger partial charge in [0.2, 0.25) is 5.88 Å². The predicted molar refractivity (Wildman–Crippen MR) is 66.6 cm³/mol. The number of hydrogen-bond acceptors (Lipinski definition) is 3. The Balaban J connectivity index is 2.04. The van der Waals surface area contributed by atoms with E-state index in [-0.39, 0.29) is 0 Å². The minimum atomic E-state index is 0.347. The van der Waals surface area contributed by atoms with Crippen molar-refractivity contribution in [2.75, 3.05) is 0 Å². The van der Waals surface area contributed by atoms with E-state index in [1.807, 2.05) is 13.0 Å². The number of halogens is 1. The third-order valence-corrected chi connectivity index (χ3v) is 3.28. The Morgan fingerprint density at radius 2 is 2.06 bits per heavy atom. The van der Waals surface area contributed by atoms with Crippen LogP contribution in [0.25, 0.3) is 0 Å². The minimum Gasteiger partial charge on any atom is -0.474 e. The van der Waals surface area contributed by atoms with Crippen molar-refractivity contribution in [1.82, 2.24) is 9.97 Å². The van der Waals surface area contributed by atoms with E-state index in [0.717, 1.165) is 29.7 Å². The van der Waals surface area contributed by atoms with E-state index in [9.17, 15) is 0 Å². The Kier molecular flexibility index (Phi) is 4.16. The summed E-state index contributed by atoms with van der Waals surface area (Å²) in [5, 5.41) is 0. The molecule has 0 bridgehead atoms. The lowest BCUT2D eigenvalue weighted by molar-refractivity contribution is 0.148. The average Bonchev–Trinajstić information content (AvgIpc) is 2.29. The van der Waals surface area contributed by atoms with Gasteiger partial charge in [-0.2, -0.15) is 4.98 Å². The van der Waals surface area contributed by atoms with E-state index in [0.29, 0.717) is 12.0 Å². The molecular formula is C12H17BrN2O. The Labute approximate surface area is 105 Å². The number of hydrogen-bond donors (Lipinski definition) is 0. The summed E-state index contributed by atoms with van der Waals surface area (Å²) in [6, 6.07) is 1.85. The highest BCUT2D eigenvalue weighted by molar-refractivity contribution is 9.10. The second-order valence-electron chi connectivity index (χ2n) is 4.18. The second-order valence-corrected chi connectivity index (χ2v) is 4.99. The molecule has 1 aromatic rings. The molecule has 1 saturated carbocycles. The monoisotopic (exact) mass is 284 g/mol. The molecule has 16 heavy (non-hydrogen) atoms. The predicted octanol–water partition coefficient (Wildman–Crippen LogP) is 3.51. The summed E-state index contributed by atoms with van der Waals surface area (Å²) < 4.78 is 6.71. The molecule has 0 aliphatic heterocycles. The van der Waals surface area contributed by atoms with Crippen molar-refractivity contribution in [3.05, 3.63) is 16.5 Å². The van der Waals surface area contributed by atoms with Crippen LogP contribution in [0.2, 0.25) is 0 Å².